The summed E-state index contributed by atoms with van der Waals surface area (Å²) in [6.07, 6.45) is 2.65. The van der Waals surface area contributed by atoms with E-state index in [0.29, 0.717) is 0 Å². The normalized spacial score (nSPS) is 19.9. The molecule has 4 rings (SSSR count). The molecule has 0 atom stereocenters. The number of nitrogens with zero attached hydrogens (tertiary/aromatic N) is 3. The molecule has 2 fully saturated rings. The number of aromatic nitrogens is 1. The van der Waals surface area contributed by atoms with Crippen molar-refractivity contribution in [2.24, 2.45) is 0 Å². The molecule has 24 heavy (non-hydrogen) atoms. The summed E-state index contributed by atoms with van der Waals surface area (Å²) in [6.45, 7) is 4.03. The molecule has 0 bridgehead atoms. The van der Waals surface area contributed by atoms with E-state index in [9.17, 15) is 13.2 Å². The van der Waals surface area contributed by atoms with Gasteiger partial charge < -0.3 is 4.90 Å². The minimum atomic E-state index is -4.26. The lowest BCUT2D eigenvalue weighted by atomic mass is 10.2. The number of pyridine rings is 1. The van der Waals surface area contributed by atoms with Crippen LogP contribution in [0.25, 0.3) is 10.9 Å². The van der Waals surface area contributed by atoms with Crippen molar-refractivity contribution in [1.29, 1.82) is 0 Å². The van der Waals surface area contributed by atoms with Crippen LogP contribution in [-0.4, -0.2) is 47.6 Å². The Kier molecular flexibility index (Phi) is 4.08. The molecule has 0 radical (unpaired) electrons. The highest BCUT2D eigenvalue weighted by molar-refractivity contribution is 8.00. The van der Waals surface area contributed by atoms with E-state index in [4.69, 9.17) is 0 Å². The molecule has 1 aliphatic heterocycles. The predicted octanol–water partition coefficient (Wildman–Crippen LogP) is 4.13. The second kappa shape index (κ2) is 6.11. The molecule has 3 nitrogen and oxygen atoms in total. The van der Waals surface area contributed by atoms with Gasteiger partial charge in [-0.05, 0) is 54.9 Å². The number of anilines is 1. The van der Waals surface area contributed by atoms with E-state index in [0.717, 1.165) is 48.9 Å². The maximum Gasteiger partial charge on any atom is 0.446 e. The highest BCUT2D eigenvalue weighted by Crippen LogP contribution is 2.38. The molecule has 7 heteroatoms. The van der Waals surface area contributed by atoms with Gasteiger partial charge in [-0.3, -0.25) is 4.90 Å². The van der Waals surface area contributed by atoms with Gasteiger partial charge in [0, 0.05) is 42.5 Å². The molecule has 1 saturated heterocycles. The zero-order chi connectivity index (χ0) is 16.7. The molecule has 0 spiro atoms. The standard InChI is InChI=1S/C17H18F3N3S/c18-17(19,20)24-14-4-5-15-12(11-14)1-6-16(21-15)23-9-7-22(8-10-23)13-2-3-13/h1,4-6,11,13H,2-3,7-10H2. The maximum atomic E-state index is 12.5. The summed E-state index contributed by atoms with van der Waals surface area (Å²) in [5, 5.41) is 0.740. The predicted molar refractivity (Wildman–Crippen MR) is 90.5 cm³/mol. The minimum absolute atomic E-state index is 0.0871. The Morgan fingerprint density at radius 3 is 2.42 bits per heavy atom. The first-order valence-electron chi connectivity index (χ1n) is 8.13. The zero-order valence-corrected chi connectivity index (χ0v) is 13.9. The molecule has 1 aromatic heterocycles. The Morgan fingerprint density at radius 2 is 1.75 bits per heavy atom. The second-order valence-corrected chi connectivity index (χ2v) is 7.46. The van der Waals surface area contributed by atoms with Crippen molar-refractivity contribution in [3.8, 4) is 0 Å². The first-order valence-corrected chi connectivity index (χ1v) is 8.95. The molecular weight excluding hydrogens is 335 g/mol. The Labute approximate surface area is 142 Å². The Morgan fingerprint density at radius 1 is 1.00 bits per heavy atom. The molecule has 1 saturated carbocycles. The Hall–Kier alpha value is -1.47. The van der Waals surface area contributed by atoms with Crippen LogP contribution in [0.2, 0.25) is 0 Å². The van der Waals surface area contributed by atoms with Gasteiger partial charge in [-0.1, -0.05) is 0 Å². The van der Waals surface area contributed by atoms with Gasteiger partial charge in [0.15, 0.2) is 0 Å². The average molecular weight is 353 g/mol. The van der Waals surface area contributed by atoms with Gasteiger partial charge in [0.25, 0.3) is 0 Å². The van der Waals surface area contributed by atoms with Crippen LogP contribution in [0.4, 0.5) is 19.0 Å². The lowest BCUT2D eigenvalue weighted by Gasteiger charge is -2.35. The van der Waals surface area contributed by atoms with Crippen LogP contribution in [0, 0.1) is 0 Å². The van der Waals surface area contributed by atoms with E-state index in [1.807, 2.05) is 12.1 Å². The lowest BCUT2D eigenvalue weighted by Crippen LogP contribution is -2.47. The van der Waals surface area contributed by atoms with Gasteiger partial charge in [-0.15, -0.1) is 0 Å². The topological polar surface area (TPSA) is 19.4 Å². The third-order valence-electron chi connectivity index (χ3n) is 4.58. The summed E-state index contributed by atoms with van der Waals surface area (Å²) in [4.78, 5) is 9.64. The van der Waals surface area contributed by atoms with Crippen molar-refractivity contribution in [2.45, 2.75) is 29.3 Å². The monoisotopic (exact) mass is 353 g/mol. The van der Waals surface area contributed by atoms with Gasteiger partial charge >= 0.3 is 5.51 Å². The average Bonchev–Trinajstić information content (AvgIpc) is 3.38. The fraction of sp³-hybridized carbons (Fsp3) is 0.471. The SMILES string of the molecule is FC(F)(F)Sc1ccc2nc(N3CCN(C4CC4)CC3)ccc2c1. The molecule has 1 aliphatic carbocycles. The lowest BCUT2D eigenvalue weighted by molar-refractivity contribution is -0.0328. The van der Waals surface area contributed by atoms with Gasteiger partial charge in [0.2, 0.25) is 0 Å². The molecule has 0 amide bonds. The number of thioether (sulfide) groups is 1. The Balaban J connectivity index is 1.50. The summed E-state index contributed by atoms with van der Waals surface area (Å²) in [5.74, 6) is 0.911. The smallest absolute Gasteiger partial charge is 0.354 e. The van der Waals surface area contributed by atoms with E-state index >= 15 is 0 Å². The van der Waals surface area contributed by atoms with E-state index in [-0.39, 0.29) is 16.7 Å². The number of halogens is 3. The zero-order valence-electron chi connectivity index (χ0n) is 13.1. The van der Waals surface area contributed by atoms with Gasteiger partial charge in [0.1, 0.15) is 5.82 Å². The molecule has 2 aliphatic rings. The number of benzene rings is 1. The fourth-order valence-electron chi connectivity index (χ4n) is 3.22. The Bertz CT molecular complexity index is 737. The number of hydrogen-bond acceptors (Lipinski definition) is 4. The van der Waals surface area contributed by atoms with Crippen molar-refractivity contribution in [1.82, 2.24) is 9.88 Å². The van der Waals surface area contributed by atoms with Crippen molar-refractivity contribution in [3.05, 3.63) is 30.3 Å². The van der Waals surface area contributed by atoms with E-state index < -0.39 is 5.51 Å². The number of fused-ring (bicyclic) bond motifs is 1. The summed E-state index contributed by atoms with van der Waals surface area (Å²) in [7, 11) is 0. The number of alkyl halides is 3. The fourth-order valence-corrected chi connectivity index (χ4v) is 3.81. The first kappa shape index (κ1) is 16.0. The minimum Gasteiger partial charge on any atom is -0.354 e. The highest BCUT2D eigenvalue weighted by atomic mass is 32.2. The highest BCUT2D eigenvalue weighted by Gasteiger charge is 2.31. The van der Waals surface area contributed by atoms with Gasteiger partial charge in [-0.25, -0.2) is 4.98 Å². The molecule has 2 aromatic rings. The van der Waals surface area contributed by atoms with Crippen LogP contribution in [-0.2, 0) is 0 Å². The summed E-state index contributed by atoms with van der Waals surface area (Å²) >= 11 is -0.0871. The van der Waals surface area contributed by atoms with Gasteiger partial charge in [-0.2, -0.15) is 13.2 Å². The van der Waals surface area contributed by atoms with E-state index in [2.05, 4.69) is 14.8 Å². The van der Waals surface area contributed by atoms with Crippen molar-refractivity contribution in [3.63, 3.8) is 0 Å². The summed E-state index contributed by atoms with van der Waals surface area (Å²) < 4.78 is 37.4. The maximum absolute atomic E-state index is 12.5. The number of rotatable bonds is 3. The van der Waals surface area contributed by atoms with Crippen LogP contribution in [0.3, 0.4) is 0 Å². The van der Waals surface area contributed by atoms with Crippen molar-refractivity contribution < 1.29 is 13.2 Å². The summed E-state index contributed by atoms with van der Waals surface area (Å²) in [6, 6.07) is 9.29. The van der Waals surface area contributed by atoms with Crippen LogP contribution < -0.4 is 4.90 Å². The van der Waals surface area contributed by atoms with E-state index in [1.54, 1.807) is 12.1 Å². The number of piperazine rings is 1. The molecule has 128 valence electrons. The van der Waals surface area contributed by atoms with Crippen LogP contribution >= 0.6 is 11.8 Å². The molecule has 2 heterocycles. The molecule has 0 N–H and O–H groups in total. The number of hydrogen-bond donors (Lipinski definition) is 0. The first-order chi connectivity index (χ1) is 11.5. The molecular formula is C17H18F3N3S. The van der Waals surface area contributed by atoms with Crippen molar-refractivity contribution in [2.75, 3.05) is 31.1 Å². The summed E-state index contributed by atoms with van der Waals surface area (Å²) in [5.41, 5.74) is -3.52. The van der Waals surface area contributed by atoms with Crippen molar-refractivity contribution >= 4 is 28.5 Å². The van der Waals surface area contributed by atoms with Crippen LogP contribution in [0.5, 0.6) is 0 Å². The van der Waals surface area contributed by atoms with Crippen LogP contribution in [0.15, 0.2) is 35.2 Å². The third-order valence-corrected chi connectivity index (χ3v) is 5.30. The van der Waals surface area contributed by atoms with E-state index in [1.165, 1.54) is 18.9 Å². The molecule has 1 aromatic carbocycles. The largest absolute Gasteiger partial charge is 0.446 e. The molecule has 0 unspecified atom stereocenters. The quantitative estimate of drug-likeness (QED) is 0.773. The van der Waals surface area contributed by atoms with Gasteiger partial charge in [0.05, 0.1) is 5.52 Å². The third kappa shape index (κ3) is 3.62. The second-order valence-electron chi connectivity index (χ2n) is 6.33. The van der Waals surface area contributed by atoms with Crippen LogP contribution in [0.1, 0.15) is 12.8 Å².